The van der Waals surface area contributed by atoms with Gasteiger partial charge in [0.15, 0.2) is 5.11 Å². The maximum Gasteiger partial charge on any atom is 0.341 e. The third-order valence-corrected chi connectivity index (χ3v) is 6.36. The zero-order valence-corrected chi connectivity index (χ0v) is 17.9. The summed E-state index contributed by atoms with van der Waals surface area (Å²) in [4.78, 5) is 13.6. The second-order valence-electron chi connectivity index (χ2n) is 7.20. The first-order chi connectivity index (χ1) is 12.6. The second-order valence-corrected chi connectivity index (χ2v) is 8.71. The number of anilines is 1. The summed E-state index contributed by atoms with van der Waals surface area (Å²) in [6.07, 6.45) is 10.7. The highest BCUT2D eigenvalue weighted by atomic mass is 32.1. The summed E-state index contributed by atoms with van der Waals surface area (Å²) >= 11 is 7.09. The average Bonchev–Trinajstić information content (AvgIpc) is 2.96. The molecule has 26 heavy (non-hydrogen) atoms. The molecule has 0 fully saturated rings. The van der Waals surface area contributed by atoms with Crippen molar-refractivity contribution >= 4 is 39.6 Å². The first-order valence-corrected chi connectivity index (χ1v) is 11.1. The lowest BCUT2D eigenvalue weighted by Crippen LogP contribution is -2.29. The minimum absolute atomic E-state index is 0.265. The van der Waals surface area contributed by atoms with Crippen LogP contribution in [0.2, 0.25) is 0 Å². The van der Waals surface area contributed by atoms with Crippen molar-refractivity contribution in [3.05, 3.63) is 16.0 Å². The predicted octanol–water partition coefficient (Wildman–Crippen LogP) is 5.31. The van der Waals surface area contributed by atoms with Gasteiger partial charge in [-0.3, -0.25) is 0 Å². The minimum atomic E-state index is -0.265. The largest absolute Gasteiger partial charge is 0.465 e. The Bertz CT molecular complexity index is 613. The lowest BCUT2D eigenvalue weighted by Gasteiger charge is -2.18. The number of rotatable bonds is 9. The molecular formula is C20H32N2O2S2. The highest BCUT2D eigenvalue weighted by molar-refractivity contribution is 7.80. The minimum Gasteiger partial charge on any atom is -0.465 e. The summed E-state index contributed by atoms with van der Waals surface area (Å²) in [5.41, 5.74) is 1.84. The highest BCUT2D eigenvalue weighted by Gasteiger charge is 2.28. The Kier molecular flexibility index (Phi) is 8.85. The molecule has 0 bridgehead atoms. The number of carbonyl (C=O) groups is 1. The maximum absolute atomic E-state index is 12.3. The molecule has 0 spiro atoms. The number of nitrogens with one attached hydrogen (secondary N) is 2. The number of thiophene rings is 1. The van der Waals surface area contributed by atoms with Crippen LogP contribution in [0.5, 0.6) is 0 Å². The van der Waals surface area contributed by atoms with Crippen molar-refractivity contribution in [2.75, 3.05) is 19.0 Å². The van der Waals surface area contributed by atoms with Crippen LogP contribution in [-0.4, -0.2) is 24.7 Å². The average molecular weight is 397 g/mol. The third kappa shape index (κ3) is 5.95. The van der Waals surface area contributed by atoms with Crippen LogP contribution in [0.4, 0.5) is 5.00 Å². The number of methoxy groups -OCH3 is 1. The van der Waals surface area contributed by atoms with E-state index in [0.29, 0.717) is 16.6 Å². The van der Waals surface area contributed by atoms with Crippen LogP contribution in [0.3, 0.4) is 0 Å². The molecule has 0 aromatic carbocycles. The van der Waals surface area contributed by atoms with Gasteiger partial charge in [0.05, 0.1) is 12.7 Å². The van der Waals surface area contributed by atoms with Crippen LogP contribution in [0.15, 0.2) is 0 Å². The second kappa shape index (κ2) is 10.9. The van der Waals surface area contributed by atoms with E-state index in [1.165, 1.54) is 44.1 Å². The molecule has 146 valence electrons. The summed E-state index contributed by atoms with van der Waals surface area (Å²) in [6, 6.07) is 0. The molecule has 0 saturated carbocycles. The van der Waals surface area contributed by atoms with E-state index >= 15 is 0 Å². The van der Waals surface area contributed by atoms with E-state index < -0.39 is 0 Å². The normalized spacial score (nSPS) is 16.0. The van der Waals surface area contributed by atoms with Crippen LogP contribution in [0.1, 0.15) is 79.6 Å². The molecule has 1 aliphatic rings. The van der Waals surface area contributed by atoms with Crippen LogP contribution in [-0.2, 0) is 17.6 Å². The molecule has 0 amide bonds. The van der Waals surface area contributed by atoms with E-state index in [4.69, 9.17) is 17.0 Å². The van der Waals surface area contributed by atoms with Gasteiger partial charge < -0.3 is 15.4 Å². The molecule has 2 N–H and O–H groups in total. The van der Waals surface area contributed by atoms with Gasteiger partial charge in [0.2, 0.25) is 0 Å². The van der Waals surface area contributed by atoms with E-state index in [1.807, 2.05) is 0 Å². The van der Waals surface area contributed by atoms with Crippen LogP contribution >= 0.6 is 23.6 Å². The molecule has 1 atom stereocenters. The number of ether oxygens (including phenoxy) is 1. The Labute approximate surface area is 167 Å². The van der Waals surface area contributed by atoms with Gasteiger partial charge in [-0.05, 0) is 49.4 Å². The summed E-state index contributed by atoms with van der Waals surface area (Å²) < 4.78 is 5.02. The van der Waals surface area contributed by atoms with Crippen molar-refractivity contribution in [3.63, 3.8) is 0 Å². The van der Waals surface area contributed by atoms with Gasteiger partial charge in [-0.2, -0.15) is 0 Å². The Balaban J connectivity index is 1.90. The van der Waals surface area contributed by atoms with Gasteiger partial charge in [-0.15, -0.1) is 11.3 Å². The van der Waals surface area contributed by atoms with Gasteiger partial charge in [-0.25, -0.2) is 4.79 Å². The first-order valence-electron chi connectivity index (χ1n) is 9.84. The van der Waals surface area contributed by atoms with E-state index in [0.717, 1.165) is 42.8 Å². The topological polar surface area (TPSA) is 50.4 Å². The standard InChI is InChI=1S/C20H32N2O2S2/c1-4-5-6-7-8-9-12-21-20(25)22-18-17(19(23)24-3)15-11-10-14(2)13-16(15)26-18/h14H,4-13H2,1-3H3,(H2,21,22,25). The van der Waals surface area contributed by atoms with Crippen molar-refractivity contribution < 1.29 is 9.53 Å². The molecule has 1 heterocycles. The first kappa shape index (κ1) is 21.2. The van der Waals surface area contributed by atoms with E-state index in [1.54, 1.807) is 11.3 Å². The van der Waals surface area contributed by atoms with Gasteiger partial charge in [0, 0.05) is 11.4 Å². The molecule has 0 aliphatic heterocycles. The number of thiocarbonyl (C=S) groups is 1. The van der Waals surface area contributed by atoms with E-state index in [-0.39, 0.29) is 5.97 Å². The molecule has 1 unspecified atom stereocenters. The Morgan fingerprint density at radius 1 is 1.27 bits per heavy atom. The lowest BCUT2D eigenvalue weighted by atomic mass is 9.88. The zero-order chi connectivity index (χ0) is 18.9. The highest BCUT2D eigenvalue weighted by Crippen LogP contribution is 2.39. The van der Waals surface area contributed by atoms with Gasteiger partial charge in [0.1, 0.15) is 5.00 Å². The molecule has 6 heteroatoms. The van der Waals surface area contributed by atoms with Crippen LogP contribution < -0.4 is 10.6 Å². The van der Waals surface area contributed by atoms with Crippen LogP contribution in [0.25, 0.3) is 0 Å². The molecule has 0 saturated heterocycles. The van der Waals surface area contributed by atoms with Crippen molar-refractivity contribution in [2.24, 2.45) is 5.92 Å². The van der Waals surface area contributed by atoms with Crippen LogP contribution in [0, 0.1) is 5.92 Å². The summed E-state index contributed by atoms with van der Waals surface area (Å²) in [5.74, 6) is 0.399. The third-order valence-electron chi connectivity index (χ3n) is 4.94. The molecule has 1 aliphatic carbocycles. The summed E-state index contributed by atoms with van der Waals surface area (Å²) in [7, 11) is 1.44. The summed E-state index contributed by atoms with van der Waals surface area (Å²) in [5, 5.41) is 7.94. The number of hydrogen-bond acceptors (Lipinski definition) is 4. The molecule has 1 aromatic heterocycles. The Hall–Kier alpha value is -1.14. The quantitative estimate of drug-likeness (QED) is 0.337. The van der Waals surface area contributed by atoms with Gasteiger partial charge >= 0.3 is 5.97 Å². The number of fused-ring (bicyclic) bond motifs is 1. The van der Waals surface area contributed by atoms with E-state index in [2.05, 4.69) is 24.5 Å². The van der Waals surface area contributed by atoms with Gasteiger partial charge in [0.25, 0.3) is 0 Å². The number of esters is 1. The lowest BCUT2D eigenvalue weighted by molar-refractivity contribution is 0.0601. The van der Waals surface area contributed by atoms with Gasteiger partial charge in [-0.1, -0.05) is 46.0 Å². The fourth-order valence-corrected chi connectivity index (χ4v) is 5.08. The summed E-state index contributed by atoms with van der Waals surface area (Å²) in [6.45, 7) is 5.37. The van der Waals surface area contributed by atoms with Crippen molar-refractivity contribution in [2.45, 2.75) is 71.6 Å². The SMILES string of the molecule is CCCCCCCCNC(=S)Nc1sc2c(c1C(=O)OC)CCC(C)C2. The fraction of sp³-hybridized carbons (Fsp3) is 0.700. The molecular weight excluding hydrogens is 364 g/mol. The molecule has 2 rings (SSSR count). The maximum atomic E-state index is 12.3. The monoisotopic (exact) mass is 396 g/mol. The Morgan fingerprint density at radius 2 is 2.00 bits per heavy atom. The molecule has 4 nitrogen and oxygen atoms in total. The number of unbranched alkanes of at least 4 members (excludes halogenated alkanes) is 5. The predicted molar refractivity (Wildman–Crippen MR) is 114 cm³/mol. The zero-order valence-electron chi connectivity index (χ0n) is 16.3. The molecule has 1 aromatic rings. The number of carbonyl (C=O) groups excluding carboxylic acids is 1. The smallest absolute Gasteiger partial charge is 0.341 e. The van der Waals surface area contributed by atoms with Crippen molar-refractivity contribution in [1.82, 2.24) is 5.32 Å². The molecule has 0 radical (unpaired) electrons. The number of hydrogen-bond donors (Lipinski definition) is 2. The fourth-order valence-electron chi connectivity index (χ4n) is 3.41. The van der Waals surface area contributed by atoms with E-state index in [9.17, 15) is 4.79 Å². The van der Waals surface area contributed by atoms with Crippen molar-refractivity contribution in [1.29, 1.82) is 0 Å². The Morgan fingerprint density at radius 3 is 2.73 bits per heavy atom. The van der Waals surface area contributed by atoms with Crippen molar-refractivity contribution in [3.8, 4) is 0 Å².